The van der Waals surface area contributed by atoms with Gasteiger partial charge >= 0.3 is 0 Å². The molecule has 1 aromatic rings. The van der Waals surface area contributed by atoms with E-state index < -0.39 is 0 Å². The molecule has 0 bridgehead atoms. The fourth-order valence-corrected chi connectivity index (χ4v) is 1.56. The van der Waals surface area contributed by atoms with Crippen LogP contribution in [0.25, 0.3) is 0 Å². The number of rotatable bonds is 4. The topological polar surface area (TPSA) is 41.1 Å². The summed E-state index contributed by atoms with van der Waals surface area (Å²) in [5.74, 6) is -0.343. The number of anilines is 1. The van der Waals surface area contributed by atoms with Gasteiger partial charge in [0, 0.05) is 30.2 Å². The van der Waals surface area contributed by atoms with Gasteiger partial charge in [-0.1, -0.05) is 0 Å². The molecule has 1 aromatic carbocycles. The molecule has 3 nitrogen and oxygen atoms in total. The smallest absolute Gasteiger partial charge is 0.216 e. The molecule has 0 unspecified atom stereocenters. The van der Waals surface area contributed by atoms with E-state index in [-0.39, 0.29) is 11.7 Å². The van der Waals surface area contributed by atoms with E-state index in [2.05, 4.69) is 26.6 Å². The fraction of sp³-hybridized carbons (Fsp3) is 0.300. The highest BCUT2D eigenvalue weighted by atomic mass is 79.9. The lowest BCUT2D eigenvalue weighted by atomic mass is 10.3. The lowest BCUT2D eigenvalue weighted by Crippen LogP contribution is -2.26. The van der Waals surface area contributed by atoms with Crippen molar-refractivity contribution in [2.75, 3.05) is 18.4 Å². The normalized spacial score (nSPS) is 9.80. The predicted octanol–water partition coefficient (Wildman–Crippen LogP) is 2.14. The first-order valence-corrected chi connectivity index (χ1v) is 5.32. The van der Waals surface area contributed by atoms with Gasteiger partial charge in [0.1, 0.15) is 5.82 Å². The van der Waals surface area contributed by atoms with Gasteiger partial charge in [-0.3, -0.25) is 4.79 Å². The first-order valence-electron chi connectivity index (χ1n) is 4.53. The van der Waals surface area contributed by atoms with Crippen LogP contribution < -0.4 is 10.6 Å². The van der Waals surface area contributed by atoms with Crippen molar-refractivity contribution in [3.63, 3.8) is 0 Å². The van der Waals surface area contributed by atoms with E-state index in [0.29, 0.717) is 17.6 Å². The van der Waals surface area contributed by atoms with Crippen molar-refractivity contribution < 1.29 is 9.18 Å². The maximum absolute atomic E-state index is 12.7. The first-order chi connectivity index (χ1) is 7.09. The number of halogens is 2. The van der Waals surface area contributed by atoms with Crippen LogP contribution in [0.3, 0.4) is 0 Å². The van der Waals surface area contributed by atoms with Gasteiger partial charge in [0.15, 0.2) is 0 Å². The zero-order valence-corrected chi connectivity index (χ0v) is 9.90. The Hall–Kier alpha value is -1.10. The summed E-state index contributed by atoms with van der Waals surface area (Å²) in [6.07, 6.45) is 0. The SMILES string of the molecule is CC(=O)NCCNc1ccc(F)cc1Br. The minimum Gasteiger partial charge on any atom is -0.382 e. The average molecular weight is 275 g/mol. The minimum atomic E-state index is -0.283. The standard InChI is InChI=1S/C10H12BrFN2O/c1-7(15)13-4-5-14-10-3-2-8(12)6-9(10)11/h2-3,6,14H,4-5H2,1H3,(H,13,15). The monoisotopic (exact) mass is 274 g/mol. The highest BCUT2D eigenvalue weighted by molar-refractivity contribution is 9.10. The van der Waals surface area contributed by atoms with Crippen molar-refractivity contribution >= 4 is 27.5 Å². The molecule has 0 heterocycles. The Morgan fingerprint density at radius 2 is 2.20 bits per heavy atom. The molecule has 0 aliphatic carbocycles. The van der Waals surface area contributed by atoms with Gasteiger partial charge in [0.05, 0.1) is 0 Å². The molecule has 0 aromatic heterocycles. The van der Waals surface area contributed by atoms with Crippen LogP contribution in [0, 0.1) is 5.82 Å². The second-order valence-corrected chi connectivity index (χ2v) is 3.89. The van der Waals surface area contributed by atoms with Gasteiger partial charge in [0.2, 0.25) is 5.91 Å². The maximum atomic E-state index is 12.7. The molecule has 0 radical (unpaired) electrons. The maximum Gasteiger partial charge on any atom is 0.216 e. The summed E-state index contributed by atoms with van der Waals surface area (Å²) in [4.78, 5) is 10.6. The Labute approximate surface area is 96.2 Å². The molecule has 2 N–H and O–H groups in total. The second-order valence-electron chi connectivity index (χ2n) is 3.03. The van der Waals surface area contributed by atoms with Crippen LogP contribution in [-0.2, 0) is 4.79 Å². The van der Waals surface area contributed by atoms with E-state index in [0.717, 1.165) is 5.69 Å². The van der Waals surface area contributed by atoms with E-state index in [1.807, 2.05) is 0 Å². The van der Waals surface area contributed by atoms with Crippen molar-refractivity contribution in [3.05, 3.63) is 28.5 Å². The fourth-order valence-electron chi connectivity index (χ4n) is 1.07. The van der Waals surface area contributed by atoms with Crippen LogP contribution in [0.2, 0.25) is 0 Å². The highest BCUT2D eigenvalue weighted by Gasteiger charge is 2.00. The number of carbonyl (C=O) groups is 1. The largest absolute Gasteiger partial charge is 0.382 e. The lowest BCUT2D eigenvalue weighted by Gasteiger charge is -2.08. The molecule has 5 heteroatoms. The average Bonchev–Trinajstić information content (AvgIpc) is 2.14. The van der Waals surface area contributed by atoms with Crippen molar-refractivity contribution in [2.45, 2.75) is 6.92 Å². The predicted molar refractivity (Wildman–Crippen MR) is 61.3 cm³/mol. The van der Waals surface area contributed by atoms with E-state index in [1.54, 1.807) is 6.07 Å². The van der Waals surface area contributed by atoms with Crippen molar-refractivity contribution in [3.8, 4) is 0 Å². The summed E-state index contributed by atoms with van der Waals surface area (Å²) in [7, 11) is 0. The summed E-state index contributed by atoms with van der Waals surface area (Å²) in [6.45, 7) is 2.61. The summed E-state index contributed by atoms with van der Waals surface area (Å²) in [6, 6.07) is 4.42. The summed E-state index contributed by atoms with van der Waals surface area (Å²) < 4.78 is 13.4. The minimum absolute atomic E-state index is 0.0602. The molecule has 0 spiro atoms. The van der Waals surface area contributed by atoms with Gasteiger partial charge in [0.25, 0.3) is 0 Å². The van der Waals surface area contributed by atoms with Crippen LogP contribution in [0.1, 0.15) is 6.92 Å². The highest BCUT2D eigenvalue weighted by Crippen LogP contribution is 2.22. The number of carbonyl (C=O) groups excluding carboxylic acids is 1. The van der Waals surface area contributed by atoms with Gasteiger partial charge in [-0.2, -0.15) is 0 Å². The molecular weight excluding hydrogens is 263 g/mol. The number of benzene rings is 1. The summed E-state index contributed by atoms with van der Waals surface area (Å²) >= 11 is 3.24. The third-order valence-corrected chi connectivity index (χ3v) is 2.40. The Balaban J connectivity index is 2.40. The molecule has 0 saturated heterocycles. The molecule has 82 valence electrons. The molecule has 0 aliphatic heterocycles. The Morgan fingerprint density at radius 3 is 2.80 bits per heavy atom. The van der Waals surface area contributed by atoms with Gasteiger partial charge in [-0.15, -0.1) is 0 Å². The van der Waals surface area contributed by atoms with Gasteiger partial charge in [-0.05, 0) is 34.1 Å². The second kappa shape index (κ2) is 5.70. The molecule has 0 aliphatic rings. The molecule has 0 atom stereocenters. The molecule has 1 amide bonds. The van der Waals surface area contributed by atoms with E-state index in [1.165, 1.54) is 19.1 Å². The van der Waals surface area contributed by atoms with E-state index >= 15 is 0 Å². The third kappa shape index (κ3) is 4.29. The van der Waals surface area contributed by atoms with Crippen LogP contribution in [0.5, 0.6) is 0 Å². The Kier molecular flexibility index (Phi) is 4.55. The number of nitrogens with one attached hydrogen (secondary N) is 2. The first kappa shape index (κ1) is 12.0. The van der Waals surface area contributed by atoms with Gasteiger partial charge in [-0.25, -0.2) is 4.39 Å². The lowest BCUT2D eigenvalue weighted by molar-refractivity contribution is -0.118. The molecule has 0 saturated carbocycles. The Bertz CT molecular complexity index is 357. The molecular formula is C10H12BrFN2O. The summed E-state index contributed by atoms with van der Waals surface area (Å²) in [5.41, 5.74) is 0.807. The van der Waals surface area contributed by atoms with Crippen molar-refractivity contribution in [1.82, 2.24) is 5.32 Å². The van der Waals surface area contributed by atoms with E-state index in [9.17, 15) is 9.18 Å². The third-order valence-electron chi connectivity index (χ3n) is 1.75. The van der Waals surface area contributed by atoms with Crippen molar-refractivity contribution in [1.29, 1.82) is 0 Å². The number of hydrogen-bond donors (Lipinski definition) is 2. The van der Waals surface area contributed by atoms with Crippen LogP contribution >= 0.6 is 15.9 Å². The van der Waals surface area contributed by atoms with Crippen molar-refractivity contribution in [2.24, 2.45) is 0 Å². The zero-order valence-electron chi connectivity index (χ0n) is 8.31. The number of amides is 1. The molecule has 0 fully saturated rings. The Morgan fingerprint density at radius 1 is 1.47 bits per heavy atom. The quantitative estimate of drug-likeness (QED) is 0.826. The molecule has 15 heavy (non-hydrogen) atoms. The van der Waals surface area contributed by atoms with Crippen LogP contribution in [0.15, 0.2) is 22.7 Å². The van der Waals surface area contributed by atoms with Crippen LogP contribution in [-0.4, -0.2) is 19.0 Å². The molecule has 1 rings (SSSR count). The van der Waals surface area contributed by atoms with E-state index in [4.69, 9.17) is 0 Å². The van der Waals surface area contributed by atoms with Gasteiger partial charge < -0.3 is 10.6 Å². The number of hydrogen-bond acceptors (Lipinski definition) is 2. The van der Waals surface area contributed by atoms with Crippen LogP contribution in [0.4, 0.5) is 10.1 Å². The zero-order chi connectivity index (χ0) is 11.3. The summed E-state index contributed by atoms with van der Waals surface area (Å²) in [5, 5.41) is 5.72.